The van der Waals surface area contributed by atoms with E-state index in [1.54, 1.807) is 0 Å². The van der Waals surface area contributed by atoms with Gasteiger partial charge in [0.1, 0.15) is 0 Å². The van der Waals surface area contributed by atoms with E-state index in [0.717, 1.165) is 24.4 Å². The van der Waals surface area contributed by atoms with Gasteiger partial charge in [-0.3, -0.25) is 14.7 Å². The quantitative estimate of drug-likeness (QED) is 0.807. The number of aryl methyl sites for hydroxylation is 1. The number of nitrogens with zero attached hydrogens (tertiary/aromatic N) is 2. The molecule has 0 aliphatic rings. The molecule has 1 atom stereocenters. The van der Waals surface area contributed by atoms with Crippen LogP contribution in [0.25, 0.3) is 0 Å². The maximum Gasteiger partial charge on any atom is 0.304 e. The summed E-state index contributed by atoms with van der Waals surface area (Å²) in [5, 5.41) is 8.93. The largest absolute Gasteiger partial charge is 0.481 e. The van der Waals surface area contributed by atoms with Crippen molar-refractivity contribution in [1.82, 2.24) is 9.88 Å². The molecular weight excluding hydrogens is 228 g/mol. The van der Waals surface area contributed by atoms with E-state index < -0.39 is 5.97 Å². The predicted octanol–water partition coefficient (Wildman–Crippen LogP) is 2.47. The molecule has 0 aromatic carbocycles. The first-order valence-electron chi connectivity index (χ1n) is 6.45. The molecule has 1 rings (SSSR count). The molecule has 100 valence electrons. The van der Waals surface area contributed by atoms with Crippen LogP contribution < -0.4 is 0 Å². The van der Waals surface area contributed by atoms with Crippen molar-refractivity contribution in [2.45, 2.75) is 46.2 Å². The Hall–Kier alpha value is -1.42. The van der Waals surface area contributed by atoms with Gasteiger partial charge >= 0.3 is 5.97 Å². The number of pyridine rings is 1. The first-order chi connectivity index (χ1) is 8.56. The standard InChI is InChI=1S/C14H22N2O2/c1-4-13(9-14(17)18)16(5-2)10-12-8-6-7-11(3)15-12/h6-8,13H,4-5,9-10H2,1-3H3,(H,17,18). The van der Waals surface area contributed by atoms with Crippen molar-refractivity contribution in [2.24, 2.45) is 0 Å². The summed E-state index contributed by atoms with van der Waals surface area (Å²) < 4.78 is 0. The van der Waals surface area contributed by atoms with Crippen molar-refractivity contribution in [1.29, 1.82) is 0 Å². The van der Waals surface area contributed by atoms with Gasteiger partial charge < -0.3 is 5.11 Å². The summed E-state index contributed by atoms with van der Waals surface area (Å²) in [6.45, 7) is 7.60. The van der Waals surface area contributed by atoms with E-state index >= 15 is 0 Å². The Morgan fingerprint density at radius 2 is 2.17 bits per heavy atom. The molecule has 1 aromatic rings. The Morgan fingerprint density at radius 1 is 1.44 bits per heavy atom. The van der Waals surface area contributed by atoms with Gasteiger partial charge in [0.2, 0.25) is 0 Å². The number of carboxylic acids is 1. The third kappa shape index (κ3) is 4.45. The van der Waals surface area contributed by atoms with Crippen LogP contribution in [0.4, 0.5) is 0 Å². The fraction of sp³-hybridized carbons (Fsp3) is 0.571. The summed E-state index contributed by atoms with van der Waals surface area (Å²) in [5.74, 6) is -0.738. The highest BCUT2D eigenvalue weighted by Gasteiger charge is 2.18. The van der Waals surface area contributed by atoms with Crippen molar-refractivity contribution in [2.75, 3.05) is 6.54 Å². The molecule has 0 aliphatic heterocycles. The number of rotatable bonds is 7. The molecule has 0 aliphatic carbocycles. The van der Waals surface area contributed by atoms with Crippen molar-refractivity contribution in [3.63, 3.8) is 0 Å². The molecule has 0 fully saturated rings. The average Bonchev–Trinajstić information content (AvgIpc) is 2.33. The highest BCUT2D eigenvalue weighted by molar-refractivity contribution is 5.67. The van der Waals surface area contributed by atoms with Crippen molar-refractivity contribution in [3.05, 3.63) is 29.6 Å². The Bertz CT molecular complexity index is 393. The first kappa shape index (κ1) is 14.6. The second kappa shape index (κ2) is 7.11. The first-order valence-corrected chi connectivity index (χ1v) is 6.45. The molecule has 4 heteroatoms. The molecule has 0 bridgehead atoms. The van der Waals surface area contributed by atoms with Crippen LogP contribution in [0.15, 0.2) is 18.2 Å². The topological polar surface area (TPSA) is 53.4 Å². The summed E-state index contributed by atoms with van der Waals surface area (Å²) in [6, 6.07) is 6.02. The van der Waals surface area contributed by atoms with E-state index in [1.807, 2.05) is 32.0 Å². The van der Waals surface area contributed by atoms with Gasteiger partial charge in [0.05, 0.1) is 12.1 Å². The van der Waals surface area contributed by atoms with E-state index in [0.29, 0.717) is 6.54 Å². The molecule has 1 unspecified atom stereocenters. The van der Waals surface area contributed by atoms with Crippen LogP contribution in [-0.4, -0.2) is 33.5 Å². The number of carbonyl (C=O) groups is 1. The zero-order valence-corrected chi connectivity index (χ0v) is 11.4. The molecule has 1 aromatic heterocycles. The predicted molar refractivity (Wildman–Crippen MR) is 71.4 cm³/mol. The van der Waals surface area contributed by atoms with Gasteiger partial charge in [-0.05, 0) is 32.0 Å². The molecule has 18 heavy (non-hydrogen) atoms. The second-order valence-electron chi connectivity index (χ2n) is 4.49. The normalized spacial score (nSPS) is 12.7. The minimum atomic E-state index is -0.738. The summed E-state index contributed by atoms with van der Waals surface area (Å²) in [6.07, 6.45) is 1.03. The number of aliphatic carboxylic acids is 1. The lowest BCUT2D eigenvalue weighted by Crippen LogP contribution is -2.36. The lowest BCUT2D eigenvalue weighted by molar-refractivity contribution is -0.138. The van der Waals surface area contributed by atoms with Gasteiger partial charge in [-0.15, -0.1) is 0 Å². The van der Waals surface area contributed by atoms with Crippen LogP contribution >= 0.6 is 0 Å². The highest BCUT2D eigenvalue weighted by atomic mass is 16.4. The van der Waals surface area contributed by atoms with Gasteiger partial charge in [0, 0.05) is 18.3 Å². The lowest BCUT2D eigenvalue weighted by atomic mass is 10.1. The van der Waals surface area contributed by atoms with Crippen LogP contribution in [0.5, 0.6) is 0 Å². The minimum absolute atomic E-state index is 0.0785. The zero-order valence-electron chi connectivity index (χ0n) is 11.4. The smallest absolute Gasteiger partial charge is 0.304 e. The SMILES string of the molecule is CCC(CC(=O)O)N(CC)Cc1cccc(C)n1. The summed E-state index contributed by atoms with van der Waals surface area (Å²) in [7, 11) is 0. The monoisotopic (exact) mass is 250 g/mol. The Kier molecular flexibility index (Phi) is 5.78. The van der Waals surface area contributed by atoms with Gasteiger partial charge in [-0.25, -0.2) is 0 Å². The summed E-state index contributed by atoms with van der Waals surface area (Å²) >= 11 is 0. The fourth-order valence-corrected chi connectivity index (χ4v) is 2.13. The van der Waals surface area contributed by atoms with Crippen molar-refractivity contribution >= 4 is 5.97 Å². The van der Waals surface area contributed by atoms with E-state index in [1.165, 1.54) is 0 Å². The fourth-order valence-electron chi connectivity index (χ4n) is 2.13. The number of hydrogen-bond donors (Lipinski definition) is 1. The molecule has 0 saturated carbocycles. The number of aromatic nitrogens is 1. The second-order valence-corrected chi connectivity index (χ2v) is 4.49. The van der Waals surface area contributed by atoms with Crippen LogP contribution in [0.3, 0.4) is 0 Å². The van der Waals surface area contributed by atoms with Gasteiger partial charge in [-0.1, -0.05) is 19.9 Å². The summed E-state index contributed by atoms with van der Waals surface area (Å²) in [4.78, 5) is 17.5. The molecule has 4 nitrogen and oxygen atoms in total. The van der Waals surface area contributed by atoms with Crippen LogP contribution in [-0.2, 0) is 11.3 Å². The minimum Gasteiger partial charge on any atom is -0.481 e. The van der Waals surface area contributed by atoms with Crippen molar-refractivity contribution in [3.8, 4) is 0 Å². The maximum absolute atomic E-state index is 10.9. The Morgan fingerprint density at radius 3 is 2.67 bits per heavy atom. The van der Waals surface area contributed by atoms with Crippen molar-refractivity contribution < 1.29 is 9.90 Å². The number of hydrogen-bond acceptors (Lipinski definition) is 3. The zero-order chi connectivity index (χ0) is 13.5. The molecule has 0 saturated heterocycles. The van der Waals surface area contributed by atoms with Gasteiger partial charge in [0.15, 0.2) is 0 Å². The highest BCUT2D eigenvalue weighted by Crippen LogP contribution is 2.12. The molecular formula is C14H22N2O2. The van der Waals surface area contributed by atoms with E-state index in [9.17, 15) is 4.79 Å². The Balaban J connectivity index is 2.73. The maximum atomic E-state index is 10.9. The van der Waals surface area contributed by atoms with Gasteiger partial charge in [0.25, 0.3) is 0 Å². The number of carboxylic acid groups (broad SMARTS) is 1. The molecule has 0 spiro atoms. The van der Waals surface area contributed by atoms with E-state index in [4.69, 9.17) is 5.11 Å². The third-order valence-electron chi connectivity index (χ3n) is 3.12. The molecule has 0 amide bonds. The molecule has 1 N–H and O–H groups in total. The van der Waals surface area contributed by atoms with Crippen LogP contribution in [0.2, 0.25) is 0 Å². The summed E-state index contributed by atoms with van der Waals surface area (Å²) in [5.41, 5.74) is 2.00. The van der Waals surface area contributed by atoms with E-state index in [-0.39, 0.29) is 12.5 Å². The van der Waals surface area contributed by atoms with Crippen LogP contribution in [0, 0.1) is 6.92 Å². The van der Waals surface area contributed by atoms with Crippen LogP contribution in [0.1, 0.15) is 38.1 Å². The van der Waals surface area contributed by atoms with E-state index in [2.05, 4.69) is 16.8 Å². The molecule has 1 heterocycles. The molecule has 0 radical (unpaired) electrons. The average molecular weight is 250 g/mol. The lowest BCUT2D eigenvalue weighted by Gasteiger charge is -2.28. The Labute approximate surface area is 109 Å². The van der Waals surface area contributed by atoms with Gasteiger partial charge in [-0.2, -0.15) is 0 Å². The third-order valence-corrected chi connectivity index (χ3v) is 3.12.